The summed E-state index contributed by atoms with van der Waals surface area (Å²) >= 11 is 1.59. The molecule has 1 heterocycles. The van der Waals surface area contributed by atoms with Gasteiger partial charge in [0.1, 0.15) is 5.75 Å². The number of aromatic nitrogens is 1. The molecule has 1 atom stereocenters. The maximum atomic E-state index is 11.7. The van der Waals surface area contributed by atoms with Crippen LogP contribution in [0.25, 0.3) is 10.2 Å². The lowest BCUT2D eigenvalue weighted by Gasteiger charge is -2.14. The highest BCUT2D eigenvalue weighted by Gasteiger charge is 2.13. The SMILES string of the molecule is CNc1nc2cc(OC)c(OC)cc2s1.N#Cc1ccc(C(C=O)Oc2ccc(C(=O)NCCO)cc2)cc1. The maximum absolute atomic E-state index is 11.7. The third-order valence-electron chi connectivity index (χ3n) is 5.38. The largest absolute Gasteiger partial charge is 0.493 e. The number of nitrogens with zero attached hydrogens (tertiary/aromatic N) is 2. The van der Waals surface area contributed by atoms with Gasteiger partial charge in [0.05, 0.1) is 42.7 Å². The van der Waals surface area contributed by atoms with E-state index in [4.69, 9.17) is 24.6 Å². The van der Waals surface area contributed by atoms with Gasteiger partial charge in [0.2, 0.25) is 0 Å². The van der Waals surface area contributed by atoms with Gasteiger partial charge in [0.25, 0.3) is 5.91 Å². The third-order valence-corrected chi connectivity index (χ3v) is 6.41. The number of amides is 1. The standard InChI is InChI=1S/C18H16N2O4.C10H12N2O2S/c19-11-13-1-3-14(4-2-13)17(12-22)24-16-7-5-15(6-8-16)18(23)20-9-10-21;1-11-10-12-6-4-7(13-2)8(14-3)5-9(6)15-10/h1-8,12,17,21H,9-10H2,(H,20,23);4-5H,1-3H3,(H,11,12). The second-order valence-corrected chi connectivity index (χ2v) is 8.89. The summed E-state index contributed by atoms with van der Waals surface area (Å²) in [6.45, 7) is 0.0571. The van der Waals surface area contributed by atoms with Crippen LogP contribution in [0.3, 0.4) is 0 Å². The van der Waals surface area contributed by atoms with Crippen molar-refractivity contribution in [3.63, 3.8) is 0 Å². The molecule has 0 bridgehead atoms. The molecule has 0 fully saturated rings. The number of fused-ring (bicyclic) bond motifs is 1. The molecule has 0 aliphatic carbocycles. The van der Waals surface area contributed by atoms with Gasteiger partial charge in [0.15, 0.2) is 29.0 Å². The van der Waals surface area contributed by atoms with Crippen LogP contribution in [0, 0.1) is 11.3 Å². The van der Waals surface area contributed by atoms with Crippen molar-refractivity contribution >= 4 is 38.9 Å². The smallest absolute Gasteiger partial charge is 0.251 e. The molecule has 39 heavy (non-hydrogen) atoms. The Bertz CT molecular complexity index is 1390. The molecule has 4 rings (SSSR count). The second-order valence-electron chi connectivity index (χ2n) is 7.86. The molecular formula is C28H28N4O6S. The molecule has 0 radical (unpaired) electrons. The zero-order chi connectivity index (χ0) is 28.2. The van der Waals surface area contributed by atoms with E-state index in [0.717, 1.165) is 21.1 Å². The third kappa shape index (κ3) is 7.67. The first kappa shape index (κ1) is 28.9. The summed E-state index contributed by atoms with van der Waals surface area (Å²) < 4.78 is 17.1. The quantitative estimate of drug-likeness (QED) is 0.251. The number of nitriles is 1. The van der Waals surface area contributed by atoms with Crippen molar-refractivity contribution in [3.05, 3.63) is 77.4 Å². The predicted octanol–water partition coefficient (Wildman–Crippen LogP) is 3.95. The molecule has 1 aromatic heterocycles. The molecule has 0 saturated carbocycles. The molecule has 11 heteroatoms. The van der Waals surface area contributed by atoms with E-state index in [1.165, 1.54) is 0 Å². The van der Waals surface area contributed by atoms with Gasteiger partial charge in [-0.05, 0) is 42.0 Å². The minimum atomic E-state index is -0.799. The Morgan fingerprint density at radius 3 is 2.33 bits per heavy atom. The lowest BCUT2D eigenvalue weighted by Crippen LogP contribution is -2.26. The number of methoxy groups -OCH3 is 2. The Kier molecular flexibility index (Phi) is 10.6. The van der Waals surface area contributed by atoms with Crippen LogP contribution < -0.4 is 24.8 Å². The molecule has 10 nitrogen and oxygen atoms in total. The Hall–Kier alpha value is -4.66. The molecule has 0 aliphatic rings. The molecule has 0 aliphatic heterocycles. The average Bonchev–Trinajstić information content (AvgIpc) is 3.40. The number of aliphatic hydroxyl groups is 1. The van der Waals surface area contributed by atoms with Crippen molar-refractivity contribution < 1.29 is 28.9 Å². The Morgan fingerprint density at radius 2 is 1.77 bits per heavy atom. The van der Waals surface area contributed by atoms with Crippen LogP contribution in [0.2, 0.25) is 0 Å². The van der Waals surface area contributed by atoms with Crippen LogP contribution in [0.15, 0.2) is 60.7 Å². The molecular weight excluding hydrogens is 520 g/mol. The minimum Gasteiger partial charge on any atom is -0.493 e. The summed E-state index contributed by atoms with van der Waals surface area (Å²) in [6, 6.07) is 18.7. The van der Waals surface area contributed by atoms with Crippen LogP contribution in [0.4, 0.5) is 5.13 Å². The van der Waals surface area contributed by atoms with Gasteiger partial charge in [-0.15, -0.1) is 0 Å². The van der Waals surface area contributed by atoms with Crippen molar-refractivity contribution in [1.29, 1.82) is 5.26 Å². The Morgan fingerprint density at radius 1 is 1.10 bits per heavy atom. The Labute approximate surface area is 229 Å². The van der Waals surface area contributed by atoms with E-state index in [-0.39, 0.29) is 19.1 Å². The number of anilines is 1. The van der Waals surface area contributed by atoms with Gasteiger partial charge in [-0.3, -0.25) is 9.59 Å². The van der Waals surface area contributed by atoms with E-state index in [1.54, 1.807) is 74.1 Å². The van der Waals surface area contributed by atoms with Crippen LogP contribution in [-0.2, 0) is 4.79 Å². The van der Waals surface area contributed by atoms with Gasteiger partial charge < -0.3 is 30.0 Å². The van der Waals surface area contributed by atoms with Crippen LogP contribution in [-0.4, -0.2) is 56.7 Å². The number of aliphatic hydroxyl groups excluding tert-OH is 1. The highest BCUT2D eigenvalue weighted by atomic mass is 32.1. The number of carbonyl (C=O) groups is 2. The molecule has 0 spiro atoms. The molecule has 4 aromatic rings. The van der Waals surface area contributed by atoms with E-state index in [0.29, 0.717) is 34.5 Å². The van der Waals surface area contributed by atoms with E-state index >= 15 is 0 Å². The molecule has 1 amide bonds. The fourth-order valence-corrected chi connectivity index (χ4v) is 4.22. The number of thiazole rings is 1. The molecule has 3 N–H and O–H groups in total. The van der Waals surface area contributed by atoms with Gasteiger partial charge in [-0.2, -0.15) is 5.26 Å². The van der Waals surface area contributed by atoms with Crippen molar-refractivity contribution in [2.45, 2.75) is 6.10 Å². The zero-order valence-corrected chi connectivity index (χ0v) is 22.5. The number of carbonyl (C=O) groups excluding carboxylic acids is 2. The average molecular weight is 549 g/mol. The number of aldehydes is 1. The molecule has 1 unspecified atom stereocenters. The number of rotatable bonds is 10. The summed E-state index contributed by atoms with van der Waals surface area (Å²) in [5.41, 5.74) is 2.48. The van der Waals surface area contributed by atoms with E-state index in [1.807, 2.05) is 25.2 Å². The van der Waals surface area contributed by atoms with Gasteiger partial charge >= 0.3 is 0 Å². The maximum Gasteiger partial charge on any atom is 0.251 e. The highest BCUT2D eigenvalue weighted by Crippen LogP contribution is 2.35. The van der Waals surface area contributed by atoms with E-state index in [2.05, 4.69) is 15.6 Å². The fraction of sp³-hybridized carbons (Fsp3) is 0.214. The number of ether oxygens (including phenoxy) is 3. The monoisotopic (exact) mass is 548 g/mol. The van der Waals surface area contributed by atoms with Crippen molar-refractivity contribution in [2.24, 2.45) is 0 Å². The first-order valence-electron chi connectivity index (χ1n) is 11.8. The molecule has 3 aromatic carbocycles. The number of benzene rings is 3. The first-order valence-corrected chi connectivity index (χ1v) is 12.6. The van der Waals surface area contributed by atoms with Gasteiger partial charge in [0, 0.05) is 31.3 Å². The van der Waals surface area contributed by atoms with Crippen molar-refractivity contribution in [3.8, 4) is 23.3 Å². The first-order chi connectivity index (χ1) is 19.0. The second kappa shape index (κ2) is 14.3. The predicted molar refractivity (Wildman–Crippen MR) is 149 cm³/mol. The van der Waals surface area contributed by atoms with Crippen LogP contribution in [0.1, 0.15) is 27.6 Å². The zero-order valence-electron chi connectivity index (χ0n) is 21.6. The Balaban J connectivity index is 0.000000239. The van der Waals surface area contributed by atoms with Gasteiger partial charge in [-0.25, -0.2) is 4.98 Å². The van der Waals surface area contributed by atoms with Gasteiger partial charge in [-0.1, -0.05) is 23.5 Å². The molecule has 202 valence electrons. The fourth-order valence-electron chi connectivity index (χ4n) is 3.39. The topological polar surface area (TPSA) is 143 Å². The van der Waals surface area contributed by atoms with Crippen LogP contribution >= 0.6 is 11.3 Å². The number of nitrogens with one attached hydrogen (secondary N) is 2. The van der Waals surface area contributed by atoms with Crippen LogP contribution in [0.5, 0.6) is 17.2 Å². The minimum absolute atomic E-state index is 0.126. The summed E-state index contributed by atoms with van der Waals surface area (Å²) in [7, 11) is 5.10. The van der Waals surface area contributed by atoms with Crippen molar-refractivity contribution in [1.82, 2.24) is 10.3 Å². The lowest BCUT2D eigenvalue weighted by atomic mass is 10.1. The highest BCUT2D eigenvalue weighted by molar-refractivity contribution is 7.22. The van der Waals surface area contributed by atoms with E-state index < -0.39 is 6.10 Å². The summed E-state index contributed by atoms with van der Waals surface area (Å²) in [4.78, 5) is 27.4. The lowest BCUT2D eigenvalue weighted by molar-refractivity contribution is -0.113. The number of hydrogen-bond acceptors (Lipinski definition) is 10. The number of hydrogen-bond donors (Lipinski definition) is 3. The van der Waals surface area contributed by atoms with E-state index in [9.17, 15) is 9.59 Å². The summed E-state index contributed by atoms with van der Waals surface area (Å²) in [5, 5.41) is 23.9. The summed E-state index contributed by atoms with van der Waals surface area (Å²) in [6.07, 6.45) is -0.129. The van der Waals surface area contributed by atoms with Crippen molar-refractivity contribution in [2.75, 3.05) is 39.7 Å². The molecule has 0 saturated heterocycles. The normalized spacial score (nSPS) is 10.8. The summed E-state index contributed by atoms with van der Waals surface area (Å²) in [5.74, 6) is 1.58.